The summed E-state index contributed by atoms with van der Waals surface area (Å²) in [5.41, 5.74) is 1.83. The van der Waals surface area contributed by atoms with Gasteiger partial charge in [0.05, 0.1) is 30.1 Å². The van der Waals surface area contributed by atoms with Crippen molar-refractivity contribution in [3.05, 3.63) is 78.6 Å². The van der Waals surface area contributed by atoms with E-state index in [0.717, 1.165) is 0 Å². The number of anilines is 1. The van der Waals surface area contributed by atoms with Gasteiger partial charge in [-0.05, 0) is 55.5 Å². The van der Waals surface area contributed by atoms with Gasteiger partial charge in [-0.1, -0.05) is 0 Å². The lowest BCUT2D eigenvalue weighted by Crippen LogP contribution is -2.22. The van der Waals surface area contributed by atoms with Crippen molar-refractivity contribution in [2.24, 2.45) is 0 Å². The van der Waals surface area contributed by atoms with E-state index in [4.69, 9.17) is 9.47 Å². The van der Waals surface area contributed by atoms with Crippen LogP contribution < -0.4 is 14.8 Å². The number of carbonyl (C=O) groups excluding carboxylic acids is 1. The quantitative estimate of drug-likeness (QED) is 0.385. The Labute approximate surface area is 199 Å². The Morgan fingerprint density at radius 2 is 1.77 bits per heavy atom. The second-order valence-corrected chi connectivity index (χ2v) is 7.56. The lowest BCUT2D eigenvalue weighted by atomic mass is 10.3. The van der Waals surface area contributed by atoms with Gasteiger partial charge in [-0.2, -0.15) is 14.9 Å². The number of amides is 1. The molecule has 0 fully saturated rings. The van der Waals surface area contributed by atoms with Crippen LogP contribution >= 0.6 is 0 Å². The molecule has 5 aromatic rings. The highest BCUT2D eigenvalue weighted by Gasteiger charge is 2.18. The summed E-state index contributed by atoms with van der Waals surface area (Å²) in [4.78, 5) is 21.3. The molecule has 35 heavy (non-hydrogen) atoms. The van der Waals surface area contributed by atoms with Gasteiger partial charge in [-0.3, -0.25) is 4.79 Å². The Morgan fingerprint density at radius 1 is 1.03 bits per heavy atom. The Balaban J connectivity index is 1.40. The first-order chi connectivity index (χ1) is 17.0. The molecule has 0 aliphatic heterocycles. The minimum atomic E-state index is -0.366. The maximum atomic E-state index is 13.3. The van der Waals surface area contributed by atoms with Crippen LogP contribution in [0, 0.1) is 12.7 Å². The summed E-state index contributed by atoms with van der Waals surface area (Å²) in [6.45, 7) is 1.61. The fourth-order valence-corrected chi connectivity index (χ4v) is 3.52. The number of carbonyl (C=O) groups is 1. The number of fused-ring (bicyclic) bond motifs is 1. The molecular formula is C24H20FN7O3. The molecule has 0 saturated heterocycles. The van der Waals surface area contributed by atoms with Crippen molar-refractivity contribution in [2.75, 3.05) is 19.0 Å². The van der Waals surface area contributed by atoms with Crippen LogP contribution in [-0.4, -0.2) is 49.2 Å². The van der Waals surface area contributed by atoms with Crippen LogP contribution in [-0.2, 0) is 4.79 Å². The van der Waals surface area contributed by atoms with Crippen molar-refractivity contribution in [1.82, 2.24) is 29.5 Å². The van der Waals surface area contributed by atoms with Crippen molar-refractivity contribution in [1.29, 1.82) is 0 Å². The fourth-order valence-electron chi connectivity index (χ4n) is 3.52. The molecule has 0 aliphatic carbocycles. The zero-order valence-corrected chi connectivity index (χ0v) is 18.8. The van der Waals surface area contributed by atoms with Gasteiger partial charge in [0.15, 0.2) is 18.1 Å². The summed E-state index contributed by atoms with van der Waals surface area (Å²) in [7, 11) is 1.58. The summed E-state index contributed by atoms with van der Waals surface area (Å²) in [5, 5.41) is 12.3. The van der Waals surface area contributed by atoms with Crippen molar-refractivity contribution < 1.29 is 18.7 Å². The number of aryl methyl sites for hydroxylation is 1. The van der Waals surface area contributed by atoms with Crippen LogP contribution in [0.5, 0.6) is 11.5 Å². The molecule has 0 unspecified atom stereocenters. The van der Waals surface area contributed by atoms with E-state index >= 15 is 0 Å². The van der Waals surface area contributed by atoms with E-state index in [0.29, 0.717) is 45.5 Å². The number of hydrogen-bond donors (Lipinski definition) is 1. The van der Waals surface area contributed by atoms with E-state index in [1.165, 1.54) is 23.1 Å². The SMILES string of the molecule is COc1ccc(OCC(=O)Nc2cc(C)nn2-c2ncnc3c2cnn3-c2ccc(F)cc2)cc1. The van der Waals surface area contributed by atoms with E-state index in [-0.39, 0.29) is 18.3 Å². The van der Waals surface area contributed by atoms with E-state index in [2.05, 4.69) is 25.5 Å². The number of methoxy groups -OCH3 is 1. The van der Waals surface area contributed by atoms with Gasteiger partial charge in [0.1, 0.15) is 29.5 Å². The lowest BCUT2D eigenvalue weighted by molar-refractivity contribution is -0.118. The van der Waals surface area contributed by atoms with Crippen molar-refractivity contribution in [2.45, 2.75) is 6.92 Å². The van der Waals surface area contributed by atoms with Crippen LogP contribution in [0.1, 0.15) is 5.69 Å². The topological polar surface area (TPSA) is 109 Å². The second kappa shape index (κ2) is 9.21. The highest BCUT2D eigenvalue weighted by atomic mass is 19.1. The number of benzene rings is 2. The molecule has 0 radical (unpaired) electrons. The molecule has 2 aromatic carbocycles. The van der Waals surface area contributed by atoms with Crippen LogP contribution in [0.3, 0.4) is 0 Å². The average molecular weight is 473 g/mol. The molecular weight excluding hydrogens is 453 g/mol. The molecule has 3 heterocycles. The van der Waals surface area contributed by atoms with E-state index in [1.807, 2.05) is 0 Å². The number of halogens is 1. The first kappa shape index (κ1) is 22.0. The van der Waals surface area contributed by atoms with Crippen LogP contribution in [0.2, 0.25) is 0 Å². The number of nitrogens with one attached hydrogen (secondary N) is 1. The van der Waals surface area contributed by atoms with Crippen LogP contribution in [0.15, 0.2) is 67.1 Å². The average Bonchev–Trinajstić information content (AvgIpc) is 3.46. The van der Waals surface area contributed by atoms with Gasteiger partial charge in [0.25, 0.3) is 5.91 Å². The molecule has 0 atom stereocenters. The van der Waals surface area contributed by atoms with Gasteiger partial charge in [0, 0.05) is 6.07 Å². The molecule has 10 nitrogen and oxygen atoms in total. The van der Waals surface area contributed by atoms with Gasteiger partial charge >= 0.3 is 0 Å². The largest absolute Gasteiger partial charge is 0.497 e. The van der Waals surface area contributed by atoms with Crippen molar-refractivity contribution in [3.63, 3.8) is 0 Å². The predicted octanol–water partition coefficient (Wildman–Crippen LogP) is 3.47. The molecule has 1 amide bonds. The van der Waals surface area contributed by atoms with Crippen LogP contribution in [0.25, 0.3) is 22.5 Å². The number of hydrogen-bond acceptors (Lipinski definition) is 7. The smallest absolute Gasteiger partial charge is 0.263 e. The number of rotatable bonds is 7. The third kappa shape index (κ3) is 4.51. The Kier molecular flexibility index (Phi) is 5.80. The second-order valence-electron chi connectivity index (χ2n) is 7.56. The molecule has 0 spiro atoms. The lowest BCUT2D eigenvalue weighted by Gasteiger charge is -2.10. The first-order valence-corrected chi connectivity index (χ1v) is 10.6. The van der Waals surface area contributed by atoms with Crippen molar-refractivity contribution >= 4 is 22.8 Å². The summed E-state index contributed by atoms with van der Waals surface area (Å²) >= 11 is 0. The number of ether oxygens (including phenoxy) is 2. The molecule has 1 N–H and O–H groups in total. The highest BCUT2D eigenvalue weighted by molar-refractivity contribution is 5.92. The monoisotopic (exact) mass is 473 g/mol. The van der Waals surface area contributed by atoms with Gasteiger partial charge < -0.3 is 14.8 Å². The predicted molar refractivity (Wildman–Crippen MR) is 126 cm³/mol. The Hall–Kier alpha value is -4.80. The summed E-state index contributed by atoms with van der Waals surface area (Å²) < 4.78 is 27.1. The van der Waals surface area contributed by atoms with E-state index in [9.17, 15) is 9.18 Å². The van der Waals surface area contributed by atoms with Gasteiger partial charge in [-0.25, -0.2) is 19.0 Å². The standard InChI is InChI=1S/C24H20FN7O3/c1-15-11-21(29-22(33)13-35-19-9-7-18(34-2)8-10-19)32(30-15)24-20-12-28-31(23(20)26-14-27-24)17-5-3-16(25)4-6-17/h3-12,14H,13H2,1-2H3,(H,29,33). The summed E-state index contributed by atoms with van der Waals surface area (Å²) in [6, 6.07) is 14.6. The molecule has 176 valence electrons. The Bertz CT molecular complexity index is 1490. The molecule has 0 aliphatic rings. The maximum absolute atomic E-state index is 13.3. The minimum Gasteiger partial charge on any atom is -0.497 e. The maximum Gasteiger partial charge on any atom is 0.263 e. The number of nitrogens with zero attached hydrogens (tertiary/aromatic N) is 6. The molecule has 3 aromatic heterocycles. The third-order valence-corrected chi connectivity index (χ3v) is 5.14. The molecule has 0 saturated carbocycles. The summed E-state index contributed by atoms with van der Waals surface area (Å²) in [5.74, 6) is 1.37. The normalized spacial score (nSPS) is 10.9. The van der Waals surface area contributed by atoms with Crippen molar-refractivity contribution in [3.8, 4) is 23.0 Å². The fraction of sp³-hybridized carbons (Fsp3) is 0.125. The number of aromatic nitrogens is 6. The van der Waals surface area contributed by atoms with Crippen LogP contribution in [0.4, 0.5) is 10.2 Å². The minimum absolute atomic E-state index is 0.196. The van der Waals surface area contributed by atoms with E-state index in [1.54, 1.807) is 67.4 Å². The van der Waals surface area contributed by atoms with Gasteiger partial charge in [0.2, 0.25) is 0 Å². The summed E-state index contributed by atoms with van der Waals surface area (Å²) in [6.07, 6.45) is 2.98. The van der Waals surface area contributed by atoms with Gasteiger partial charge in [-0.15, -0.1) is 0 Å². The third-order valence-electron chi connectivity index (χ3n) is 5.14. The molecule has 11 heteroatoms. The highest BCUT2D eigenvalue weighted by Crippen LogP contribution is 2.24. The molecule has 5 rings (SSSR count). The molecule has 0 bridgehead atoms. The zero-order chi connectivity index (χ0) is 24.4. The Morgan fingerprint density at radius 3 is 2.51 bits per heavy atom. The first-order valence-electron chi connectivity index (χ1n) is 10.6. The zero-order valence-electron chi connectivity index (χ0n) is 18.8. The van der Waals surface area contributed by atoms with E-state index < -0.39 is 0 Å².